The van der Waals surface area contributed by atoms with Gasteiger partial charge in [0.05, 0.1) is 4.92 Å². The van der Waals surface area contributed by atoms with Crippen LogP contribution in [0.2, 0.25) is 5.02 Å². The molecule has 1 aliphatic rings. The van der Waals surface area contributed by atoms with Crippen molar-refractivity contribution >= 4 is 23.0 Å². The van der Waals surface area contributed by atoms with Gasteiger partial charge < -0.3 is 5.32 Å². The normalized spacial score (nSPS) is 16.8. The second-order valence-corrected chi connectivity index (χ2v) is 5.86. The summed E-state index contributed by atoms with van der Waals surface area (Å²) in [7, 11) is 0. The van der Waals surface area contributed by atoms with Crippen LogP contribution in [0.4, 0.5) is 11.4 Å². The Balaban J connectivity index is 2.07. The summed E-state index contributed by atoms with van der Waals surface area (Å²) in [6.45, 7) is 4.01. The molecule has 0 saturated heterocycles. The number of rotatable bonds is 5. The van der Waals surface area contributed by atoms with E-state index in [0.717, 1.165) is 23.6 Å². The highest BCUT2D eigenvalue weighted by Gasteiger charge is 2.21. The lowest BCUT2D eigenvalue weighted by Crippen LogP contribution is -2.23. The van der Waals surface area contributed by atoms with E-state index >= 15 is 0 Å². The number of halogens is 1. The van der Waals surface area contributed by atoms with Gasteiger partial charge in [0.1, 0.15) is 5.02 Å². The molecular weight excluding hydrogens is 264 g/mol. The summed E-state index contributed by atoms with van der Waals surface area (Å²) < 4.78 is 0. The van der Waals surface area contributed by atoms with Crippen LogP contribution < -0.4 is 5.32 Å². The number of benzene rings is 1. The minimum Gasteiger partial charge on any atom is -0.382 e. The fraction of sp³-hybridized carbons (Fsp3) is 0.571. The Morgan fingerprint density at radius 3 is 2.74 bits per heavy atom. The molecule has 0 aromatic heterocycles. The Hall–Kier alpha value is -1.29. The first kappa shape index (κ1) is 14.1. The molecule has 0 heterocycles. The van der Waals surface area contributed by atoms with Crippen molar-refractivity contribution in [2.45, 2.75) is 45.6 Å². The number of hydrogen-bond donors (Lipinski definition) is 1. The maximum atomic E-state index is 10.8. The van der Waals surface area contributed by atoms with Crippen molar-refractivity contribution in [3.05, 3.63) is 32.8 Å². The molecule has 0 amide bonds. The standard InChI is InChI=1S/C14H19ClN2O2/c1-9-6-14(17(18)19)12(15)8-13(9)16-10(2)7-11-4-3-5-11/h6,8,10-11,16H,3-5,7H2,1-2H3. The molecule has 1 aromatic rings. The van der Waals surface area contributed by atoms with Crippen LogP contribution in [0.5, 0.6) is 0 Å². The lowest BCUT2D eigenvalue weighted by atomic mass is 9.81. The molecule has 0 radical (unpaired) electrons. The SMILES string of the molecule is Cc1cc([N+](=O)[O-])c(Cl)cc1NC(C)CC1CCC1. The first-order valence-corrected chi connectivity index (χ1v) is 7.06. The number of hydrogen-bond acceptors (Lipinski definition) is 3. The van der Waals surface area contributed by atoms with E-state index in [1.165, 1.54) is 25.3 Å². The Kier molecular flexibility index (Phi) is 4.30. The van der Waals surface area contributed by atoms with Crippen LogP contribution >= 0.6 is 11.6 Å². The number of nitro groups is 1. The Morgan fingerprint density at radius 2 is 2.21 bits per heavy atom. The van der Waals surface area contributed by atoms with Crippen LogP contribution in [0.3, 0.4) is 0 Å². The lowest BCUT2D eigenvalue weighted by molar-refractivity contribution is -0.384. The van der Waals surface area contributed by atoms with Crippen molar-refractivity contribution in [1.29, 1.82) is 0 Å². The zero-order chi connectivity index (χ0) is 14.0. The lowest BCUT2D eigenvalue weighted by Gasteiger charge is -2.29. The van der Waals surface area contributed by atoms with Crippen LogP contribution in [-0.2, 0) is 0 Å². The molecule has 1 aromatic carbocycles. The van der Waals surface area contributed by atoms with Gasteiger partial charge in [-0.3, -0.25) is 10.1 Å². The van der Waals surface area contributed by atoms with Gasteiger partial charge in [-0.15, -0.1) is 0 Å². The predicted octanol–water partition coefficient (Wildman–Crippen LogP) is 4.55. The number of aryl methyl sites for hydroxylation is 1. The second kappa shape index (κ2) is 5.78. The van der Waals surface area contributed by atoms with Gasteiger partial charge in [-0.2, -0.15) is 0 Å². The molecule has 104 valence electrons. The number of nitro benzene ring substituents is 1. The number of nitrogens with zero attached hydrogens (tertiary/aromatic N) is 1. The third-order valence-electron chi connectivity index (χ3n) is 3.80. The Labute approximate surface area is 118 Å². The highest BCUT2D eigenvalue weighted by molar-refractivity contribution is 6.33. The summed E-state index contributed by atoms with van der Waals surface area (Å²) in [6.07, 6.45) is 5.14. The Morgan fingerprint density at radius 1 is 1.53 bits per heavy atom. The van der Waals surface area contributed by atoms with E-state index in [4.69, 9.17) is 11.6 Å². The third-order valence-corrected chi connectivity index (χ3v) is 4.11. The van der Waals surface area contributed by atoms with Crippen molar-refractivity contribution in [1.82, 2.24) is 0 Å². The highest BCUT2D eigenvalue weighted by atomic mass is 35.5. The van der Waals surface area contributed by atoms with Crippen LogP contribution in [-0.4, -0.2) is 11.0 Å². The first-order valence-electron chi connectivity index (χ1n) is 6.68. The van der Waals surface area contributed by atoms with Gasteiger partial charge in [0.2, 0.25) is 0 Å². The topological polar surface area (TPSA) is 55.2 Å². The van der Waals surface area contributed by atoms with Crippen molar-refractivity contribution in [3.63, 3.8) is 0 Å². The molecule has 4 nitrogen and oxygen atoms in total. The zero-order valence-corrected chi connectivity index (χ0v) is 12.0. The van der Waals surface area contributed by atoms with Gasteiger partial charge in [0.15, 0.2) is 0 Å². The molecule has 5 heteroatoms. The molecule has 1 atom stereocenters. The quantitative estimate of drug-likeness (QED) is 0.637. The molecule has 1 N–H and O–H groups in total. The second-order valence-electron chi connectivity index (χ2n) is 5.45. The molecule has 0 aliphatic heterocycles. The van der Waals surface area contributed by atoms with E-state index in [9.17, 15) is 10.1 Å². The van der Waals surface area contributed by atoms with E-state index < -0.39 is 4.92 Å². The van der Waals surface area contributed by atoms with Crippen LogP contribution in [0.15, 0.2) is 12.1 Å². The van der Waals surface area contributed by atoms with Gasteiger partial charge in [0, 0.05) is 17.8 Å². The summed E-state index contributed by atoms with van der Waals surface area (Å²) in [5, 5.41) is 14.4. The number of anilines is 1. The molecular formula is C14H19ClN2O2. The molecule has 1 saturated carbocycles. The molecule has 0 bridgehead atoms. The van der Waals surface area contributed by atoms with E-state index in [0.29, 0.717) is 6.04 Å². The maximum absolute atomic E-state index is 10.8. The molecule has 2 rings (SSSR count). The summed E-state index contributed by atoms with van der Waals surface area (Å²) in [4.78, 5) is 10.4. The molecule has 1 unspecified atom stereocenters. The molecule has 19 heavy (non-hydrogen) atoms. The van der Waals surface area contributed by atoms with E-state index in [1.54, 1.807) is 6.07 Å². The maximum Gasteiger partial charge on any atom is 0.288 e. The van der Waals surface area contributed by atoms with Crippen LogP contribution in [0.1, 0.15) is 38.2 Å². The monoisotopic (exact) mass is 282 g/mol. The average Bonchev–Trinajstić information content (AvgIpc) is 2.28. The van der Waals surface area contributed by atoms with Crippen molar-refractivity contribution in [2.75, 3.05) is 5.32 Å². The molecule has 0 spiro atoms. The smallest absolute Gasteiger partial charge is 0.288 e. The van der Waals surface area contributed by atoms with Gasteiger partial charge >= 0.3 is 0 Å². The fourth-order valence-electron chi connectivity index (χ4n) is 2.51. The fourth-order valence-corrected chi connectivity index (χ4v) is 2.75. The first-order chi connectivity index (χ1) is 8.97. The third kappa shape index (κ3) is 3.38. The summed E-state index contributed by atoms with van der Waals surface area (Å²) in [6, 6.07) is 3.55. The van der Waals surface area contributed by atoms with E-state index in [2.05, 4.69) is 12.2 Å². The summed E-state index contributed by atoms with van der Waals surface area (Å²) >= 11 is 5.94. The molecule has 1 aliphatic carbocycles. The van der Waals surface area contributed by atoms with Crippen molar-refractivity contribution in [3.8, 4) is 0 Å². The summed E-state index contributed by atoms with van der Waals surface area (Å²) in [5.74, 6) is 0.830. The van der Waals surface area contributed by atoms with Gasteiger partial charge in [0.25, 0.3) is 5.69 Å². The summed E-state index contributed by atoms with van der Waals surface area (Å²) in [5.41, 5.74) is 1.72. The average molecular weight is 283 g/mol. The van der Waals surface area contributed by atoms with E-state index in [1.807, 2.05) is 6.92 Å². The van der Waals surface area contributed by atoms with Gasteiger partial charge in [-0.25, -0.2) is 0 Å². The molecule has 1 fully saturated rings. The minimum atomic E-state index is -0.448. The largest absolute Gasteiger partial charge is 0.382 e. The Bertz CT molecular complexity index is 487. The zero-order valence-electron chi connectivity index (χ0n) is 11.3. The van der Waals surface area contributed by atoms with Gasteiger partial charge in [-0.1, -0.05) is 30.9 Å². The van der Waals surface area contributed by atoms with Crippen molar-refractivity contribution < 1.29 is 4.92 Å². The highest BCUT2D eigenvalue weighted by Crippen LogP contribution is 2.33. The minimum absolute atomic E-state index is 0.0311. The van der Waals surface area contributed by atoms with Crippen LogP contribution in [0.25, 0.3) is 0 Å². The van der Waals surface area contributed by atoms with E-state index in [-0.39, 0.29) is 10.7 Å². The number of nitrogens with one attached hydrogen (secondary N) is 1. The predicted molar refractivity (Wildman–Crippen MR) is 77.9 cm³/mol. The van der Waals surface area contributed by atoms with Crippen molar-refractivity contribution in [2.24, 2.45) is 5.92 Å². The van der Waals surface area contributed by atoms with Crippen LogP contribution in [0, 0.1) is 23.0 Å². The van der Waals surface area contributed by atoms with Gasteiger partial charge in [-0.05, 0) is 37.8 Å².